The summed E-state index contributed by atoms with van der Waals surface area (Å²) in [5.41, 5.74) is -2.39. The molecule has 1 aliphatic heterocycles. The van der Waals surface area contributed by atoms with E-state index in [2.05, 4.69) is 22.1 Å². The number of nitrogens with one attached hydrogen (secondary N) is 1. The highest BCUT2D eigenvalue weighted by atomic mass is 35.5. The summed E-state index contributed by atoms with van der Waals surface area (Å²) >= 11 is 6.01. The Hall–Kier alpha value is -2.56. The molecule has 2 aromatic rings. The molecule has 8 heteroatoms. The number of benzene rings is 1. The van der Waals surface area contributed by atoms with Crippen LogP contribution in [0.5, 0.6) is 0 Å². The van der Waals surface area contributed by atoms with Gasteiger partial charge in [-0.1, -0.05) is 23.4 Å². The van der Waals surface area contributed by atoms with Crippen molar-refractivity contribution in [3.8, 4) is 11.8 Å². The maximum absolute atomic E-state index is 14.6. The van der Waals surface area contributed by atoms with Gasteiger partial charge in [0.15, 0.2) is 11.5 Å². The quantitative estimate of drug-likeness (QED) is 0.744. The molecule has 2 atom stereocenters. The zero-order chi connectivity index (χ0) is 20.6. The largest absolute Gasteiger partial charge is 0.412 e. The Balaban J connectivity index is 1.84. The van der Waals surface area contributed by atoms with Crippen LogP contribution in [0.1, 0.15) is 24.0 Å². The maximum Gasteiger partial charge on any atom is 0.412 e. The monoisotopic (exact) mass is 420 g/mol. The topological polar surface area (TPSA) is 51.2 Å². The molecule has 0 spiro atoms. The number of anilines is 1. The molecule has 1 aliphatic carbocycles. The van der Waals surface area contributed by atoms with E-state index in [-0.39, 0.29) is 28.8 Å². The molecule has 1 amide bonds. The van der Waals surface area contributed by atoms with Crippen LogP contribution in [0, 0.1) is 17.8 Å². The predicted molar refractivity (Wildman–Crippen MR) is 101 cm³/mol. The van der Waals surface area contributed by atoms with Crippen molar-refractivity contribution < 1.29 is 22.7 Å². The fraction of sp³-hybridized carbons (Fsp3) is 0.333. The fourth-order valence-electron chi connectivity index (χ4n) is 3.30. The smallest absolute Gasteiger partial charge is 0.361 e. The molecule has 0 unspecified atom stereocenters. The van der Waals surface area contributed by atoms with Crippen LogP contribution in [0.3, 0.4) is 0 Å². The number of amides is 1. The highest BCUT2D eigenvalue weighted by molar-refractivity contribution is 6.30. The van der Waals surface area contributed by atoms with E-state index in [4.69, 9.17) is 16.3 Å². The van der Waals surface area contributed by atoms with Crippen LogP contribution in [0.2, 0.25) is 5.02 Å². The number of carbonyl (C=O) groups is 1. The van der Waals surface area contributed by atoms with E-state index < -0.39 is 23.6 Å². The van der Waals surface area contributed by atoms with Gasteiger partial charge in [-0.2, -0.15) is 13.2 Å². The molecule has 2 heterocycles. The molecule has 0 saturated heterocycles. The van der Waals surface area contributed by atoms with Gasteiger partial charge in [-0.05, 0) is 48.7 Å². The lowest BCUT2D eigenvalue weighted by atomic mass is 9.71. The Morgan fingerprint density at radius 2 is 1.97 bits per heavy atom. The summed E-state index contributed by atoms with van der Waals surface area (Å²) in [5.74, 6) is 4.12. The number of nitrogens with zero attached hydrogens (tertiary/aromatic N) is 1. The number of hydrogen-bond acceptors (Lipinski definition) is 3. The van der Waals surface area contributed by atoms with Gasteiger partial charge in [-0.25, -0.2) is 0 Å². The zero-order valence-corrected chi connectivity index (χ0v) is 15.8. The summed E-state index contributed by atoms with van der Waals surface area (Å²) in [5, 5.41) is 2.62. The summed E-state index contributed by atoms with van der Waals surface area (Å²) < 4.78 is 49.4. The van der Waals surface area contributed by atoms with Gasteiger partial charge < -0.3 is 10.1 Å². The molecule has 0 radical (unpaired) electrons. The summed E-state index contributed by atoms with van der Waals surface area (Å²) in [6, 6.07) is 7.20. The summed E-state index contributed by atoms with van der Waals surface area (Å²) in [4.78, 5) is 16.6. The molecule has 1 fully saturated rings. The first-order valence-corrected chi connectivity index (χ1v) is 9.40. The third kappa shape index (κ3) is 3.70. The van der Waals surface area contributed by atoms with Crippen molar-refractivity contribution in [3.05, 3.63) is 58.9 Å². The highest BCUT2D eigenvalue weighted by Crippen LogP contribution is 2.50. The third-order valence-electron chi connectivity index (χ3n) is 4.96. The minimum atomic E-state index is -4.87. The van der Waals surface area contributed by atoms with Crippen LogP contribution in [-0.4, -0.2) is 23.2 Å². The number of ether oxygens (including phenoxy) is 1. The van der Waals surface area contributed by atoms with Crippen LogP contribution in [-0.2, 0) is 21.6 Å². The van der Waals surface area contributed by atoms with Gasteiger partial charge in [0.2, 0.25) is 0 Å². The molecule has 1 saturated carbocycles. The van der Waals surface area contributed by atoms with Crippen molar-refractivity contribution in [2.45, 2.75) is 37.1 Å². The van der Waals surface area contributed by atoms with Crippen molar-refractivity contribution >= 4 is 23.2 Å². The van der Waals surface area contributed by atoms with E-state index >= 15 is 0 Å². The van der Waals surface area contributed by atoms with E-state index in [1.165, 1.54) is 30.6 Å². The van der Waals surface area contributed by atoms with Crippen molar-refractivity contribution in [2.24, 2.45) is 5.92 Å². The average Bonchev–Trinajstić information content (AvgIpc) is 3.50. The minimum absolute atomic E-state index is 0.0329. The van der Waals surface area contributed by atoms with Crippen molar-refractivity contribution in [2.75, 3.05) is 5.32 Å². The lowest BCUT2D eigenvalue weighted by molar-refractivity contribution is -0.208. The Labute approximate surface area is 170 Å². The van der Waals surface area contributed by atoms with Gasteiger partial charge in [-0.15, -0.1) is 0 Å². The van der Waals surface area contributed by atoms with Crippen LogP contribution in [0.4, 0.5) is 18.9 Å². The van der Waals surface area contributed by atoms with Crippen molar-refractivity contribution in [1.29, 1.82) is 0 Å². The van der Waals surface area contributed by atoms with Gasteiger partial charge in [0.25, 0.3) is 5.91 Å². The lowest BCUT2D eigenvalue weighted by Gasteiger charge is -2.41. The fourth-order valence-corrected chi connectivity index (χ4v) is 3.47. The lowest BCUT2D eigenvalue weighted by Crippen LogP contribution is -2.59. The van der Waals surface area contributed by atoms with Crippen LogP contribution < -0.4 is 5.32 Å². The van der Waals surface area contributed by atoms with Gasteiger partial charge in [0.05, 0.1) is 6.61 Å². The normalized spacial score (nSPS) is 23.6. The highest BCUT2D eigenvalue weighted by Gasteiger charge is 2.65. The Bertz CT molecular complexity index is 996. The number of hydrogen-bond donors (Lipinski definition) is 1. The molecule has 0 bridgehead atoms. The maximum atomic E-state index is 14.6. The number of alkyl halides is 3. The van der Waals surface area contributed by atoms with Gasteiger partial charge in [-0.3, -0.25) is 9.78 Å². The third-order valence-corrected chi connectivity index (χ3v) is 5.19. The SMILES string of the molecule is O=C1Nc2ccc(Cl)cc2[C@](C#CC2CC2)(C(F)(F)F)[C@H]1OCc1ccncc1. The van der Waals surface area contributed by atoms with Crippen molar-refractivity contribution in [3.63, 3.8) is 0 Å². The summed E-state index contributed by atoms with van der Waals surface area (Å²) in [6.45, 7) is -0.195. The van der Waals surface area contributed by atoms with Gasteiger partial charge >= 0.3 is 6.18 Å². The van der Waals surface area contributed by atoms with Gasteiger partial charge in [0.1, 0.15) is 0 Å². The molecule has 4 nitrogen and oxygen atoms in total. The molecular formula is C21H16ClF3N2O2. The first-order valence-electron chi connectivity index (χ1n) is 9.02. The predicted octanol–water partition coefficient (Wildman–Crippen LogP) is 4.49. The number of carbonyl (C=O) groups excluding carboxylic acids is 1. The molecule has 2 aliphatic rings. The second-order valence-electron chi connectivity index (χ2n) is 7.08. The minimum Gasteiger partial charge on any atom is -0.361 e. The number of halogens is 4. The second-order valence-corrected chi connectivity index (χ2v) is 7.51. The first kappa shape index (κ1) is 19.7. The second kappa shape index (κ2) is 7.36. The first-order chi connectivity index (χ1) is 13.8. The number of fused-ring (bicyclic) bond motifs is 1. The average molecular weight is 421 g/mol. The Kier molecular flexibility index (Phi) is 5.01. The molecule has 29 heavy (non-hydrogen) atoms. The number of pyridine rings is 1. The van der Waals surface area contributed by atoms with E-state index in [1.807, 2.05) is 0 Å². The molecule has 150 valence electrons. The molecule has 4 rings (SSSR count). The number of aromatic nitrogens is 1. The summed E-state index contributed by atoms with van der Waals surface area (Å²) in [6.07, 6.45) is -2.25. The number of rotatable bonds is 3. The zero-order valence-electron chi connectivity index (χ0n) is 15.1. The van der Waals surface area contributed by atoms with E-state index in [0.717, 1.165) is 12.8 Å². The Morgan fingerprint density at radius 3 is 2.62 bits per heavy atom. The van der Waals surface area contributed by atoms with Crippen LogP contribution in [0.25, 0.3) is 0 Å². The van der Waals surface area contributed by atoms with E-state index in [9.17, 15) is 18.0 Å². The van der Waals surface area contributed by atoms with E-state index in [1.54, 1.807) is 12.1 Å². The van der Waals surface area contributed by atoms with Crippen LogP contribution >= 0.6 is 11.6 Å². The molecule has 1 aromatic heterocycles. The standard InChI is InChI=1S/C21H16ClF3N2O2/c22-15-3-4-17-16(11-15)20(21(23,24)25,8-5-13-1-2-13)18(19(28)27-17)29-12-14-6-9-26-10-7-14/h3-4,6-7,9-11,13,18H,1-2,12H2,(H,27,28)/t18-,20-/m0/s1. The summed E-state index contributed by atoms with van der Waals surface area (Å²) in [7, 11) is 0. The molecule has 1 aromatic carbocycles. The Morgan fingerprint density at radius 1 is 1.24 bits per heavy atom. The molecule has 1 N–H and O–H groups in total. The molecular weight excluding hydrogens is 405 g/mol. The van der Waals surface area contributed by atoms with Crippen molar-refractivity contribution in [1.82, 2.24) is 4.98 Å². The van der Waals surface area contributed by atoms with E-state index in [0.29, 0.717) is 5.56 Å². The van der Waals surface area contributed by atoms with Crippen LogP contribution in [0.15, 0.2) is 42.7 Å². The van der Waals surface area contributed by atoms with Gasteiger partial charge in [0, 0.05) is 34.6 Å².